The molecule has 5 atom stereocenters. The van der Waals surface area contributed by atoms with Gasteiger partial charge in [-0.1, -0.05) is 13.8 Å². The molecule has 0 aromatic carbocycles. The Balaban J connectivity index is 2.03. The number of rotatable bonds is 3. The van der Waals surface area contributed by atoms with Crippen LogP contribution in [-0.2, 0) is 9.53 Å². The summed E-state index contributed by atoms with van der Waals surface area (Å²) < 4.78 is 5.44. The molecule has 1 N–H and O–H groups in total. The summed E-state index contributed by atoms with van der Waals surface area (Å²) in [5.74, 6) is -0.263. The fourth-order valence-corrected chi connectivity index (χ4v) is 2.72. The van der Waals surface area contributed by atoms with E-state index in [0.717, 1.165) is 12.8 Å². The molecule has 5 unspecified atom stereocenters. The number of carbonyl (C=O) groups is 1. The average Bonchev–Trinajstić information content (AvgIpc) is 2.83. The molecular weight excluding hydrogens is 180 g/mol. The van der Waals surface area contributed by atoms with Gasteiger partial charge in [0.2, 0.25) is 0 Å². The van der Waals surface area contributed by atoms with Crippen molar-refractivity contribution in [1.82, 2.24) is 0 Å². The van der Waals surface area contributed by atoms with Crippen LogP contribution in [0.3, 0.4) is 0 Å². The second kappa shape index (κ2) is 3.54. The molecule has 1 saturated heterocycles. The van der Waals surface area contributed by atoms with E-state index in [-0.39, 0.29) is 11.8 Å². The number of epoxide rings is 1. The van der Waals surface area contributed by atoms with Gasteiger partial charge in [0.15, 0.2) is 0 Å². The van der Waals surface area contributed by atoms with E-state index in [0.29, 0.717) is 24.5 Å². The fraction of sp³-hybridized carbons (Fsp3) is 0.818. The smallest absolute Gasteiger partial charge is 0.306 e. The largest absolute Gasteiger partial charge is 0.481 e. The predicted octanol–water partition coefficient (Wildman–Crippen LogP) is 1.72. The summed E-state index contributed by atoms with van der Waals surface area (Å²) in [4.78, 5) is 11.0. The maximum Gasteiger partial charge on any atom is 0.306 e. The van der Waals surface area contributed by atoms with Crippen LogP contribution in [0, 0.1) is 24.7 Å². The van der Waals surface area contributed by atoms with Crippen molar-refractivity contribution in [2.75, 3.05) is 0 Å². The van der Waals surface area contributed by atoms with Crippen molar-refractivity contribution in [3.8, 4) is 0 Å². The van der Waals surface area contributed by atoms with Crippen LogP contribution < -0.4 is 0 Å². The van der Waals surface area contributed by atoms with E-state index >= 15 is 0 Å². The van der Waals surface area contributed by atoms with Gasteiger partial charge in [-0.15, -0.1) is 0 Å². The number of aliphatic carboxylic acids is 1. The molecule has 0 spiro atoms. The number of fused-ring (bicyclic) bond motifs is 1. The summed E-state index contributed by atoms with van der Waals surface area (Å²) in [5.41, 5.74) is 0. The minimum atomic E-state index is -0.698. The lowest BCUT2D eigenvalue weighted by atomic mass is 9.72. The maximum absolute atomic E-state index is 11.0. The Hall–Kier alpha value is -0.570. The van der Waals surface area contributed by atoms with Crippen molar-refractivity contribution in [2.24, 2.45) is 17.8 Å². The summed E-state index contributed by atoms with van der Waals surface area (Å²) in [6.45, 7) is 5.87. The van der Waals surface area contributed by atoms with Crippen LogP contribution in [0.15, 0.2) is 0 Å². The normalized spacial score (nSPS) is 42.7. The molecule has 0 amide bonds. The van der Waals surface area contributed by atoms with Gasteiger partial charge in [0, 0.05) is 0 Å². The Kier molecular flexibility index (Phi) is 2.52. The number of carboxylic acid groups (broad SMARTS) is 1. The zero-order chi connectivity index (χ0) is 10.3. The van der Waals surface area contributed by atoms with E-state index < -0.39 is 5.97 Å². The molecule has 1 heterocycles. The van der Waals surface area contributed by atoms with Crippen molar-refractivity contribution in [2.45, 2.75) is 38.4 Å². The van der Waals surface area contributed by atoms with Crippen LogP contribution in [-0.4, -0.2) is 23.3 Å². The average molecular weight is 197 g/mol. The molecule has 1 radical (unpaired) electrons. The Morgan fingerprint density at radius 3 is 2.79 bits per heavy atom. The molecule has 1 aliphatic heterocycles. The van der Waals surface area contributed by atoms with Crippen LogP contribution >= 0.6 is 0 Å². The van der Waals surface area contributed by atoms with E-state index in [9.17, 15) is 4.79 Å². The summed E-state index contributed by atoms with van der Waals surface area (Å²) >= 11 is 0. The van der Waals surface area contributed by atoms with Crippen LogP contribution in [0.2, 0.25) is 0 Å². The Morgan fingerprint density at radius 2 is 2.21 bits per heavy atom. The number of hydrogen-bond acceptors (Lipinski definition) is 2. The molecular formula is C11H17O3. The van der Waals surface area contributed by atoms with Gasteiger partial charge in [0.25, 0.3) is 0 Å². The SMILES string of the molecule is [CH2]CC(C(=O)O)C1CC2OC2CC1C. The van der Waals surface area contributed by atoms with Gasteiger partial charge in [0.1, 0.15) is 0 Å². The highest BCUT2D eigenvalue weighted by Crippen LogP contribution is 2.45. The standard InChI is InChI=1S/C11H17O3/c1-3-7(11(12)13)8-5-10-9(14-10)4-6(8)2/h6-10H,1,3-5H2,2H3,(H,12,13). The Morgan fingerprint density at radius 1 is 1.57 bits per heavy atom. The Bertz CT molecular complexity index is 239. The highest BCUT2D eigenvalue weighted by Gasteiger charge is 2.49. The van der Waals surface area contributed by atoms with Crippen molar-refractivity contribution in [1.29, 1.82) is 0 Å². The van der Waals surface area contributed by atoms with Crippen molar-refractivity contribution < 1.29 is 14.6 Å². The third-order valence-electron chi connectivity index (χ3n) is 3.67. The molecule has 2 fully saturated rings. The van der Waals surface area contributed by atoms with E-state index in [2.05, 4.69) is 13.8 Å². The first-order chi connectivity index (χ1) is 6.63. The zero-order valence-electron chi connectivity index (χ0n) is 8.48. The second-order valence-electron chi connectivity index (χ2n) is 4.56. The number of hydrogen-bond donors (Lipinski definition) is 1. The van der Waals surface area contributed by atoms with Crippen molar-refractivity contribution >= 4 is 5.97 Å². The van der Waals surface area contributed by atoms with Crippen LogP contribution in [0.5, 0.6) is 0 Å². The highest BCUT2D eigenvalue weighted by atomic mass is 16.6. The molecule has 2 rings (SSSR count). The van der Waals surface area contributed by atoms with E-state index in [1.807, 2.05) is 0 Å². The molecule has 1 saturated carbocycles. The summed E-state index contributed by atoms with van der Waals surface area (Å²) in [6.07, 6.45) is 3.21. The van der Waals surface area contributed by atoms with Gasteiger partial charge in [-0.25, -0.2) is 0 Å². The fourth-order valence-electron chi connectivity index (χ4n) is 2.72. The molecule has 1 aliphatic carbocycles. The minimum Gasteiger partial charge on any atom is -0.481 e. The summed E-state index contributed by atoms with van der Waals surface area (Å²) in [7, 11) is 0. The van der Waals surface area contributed by atoms with E-state index in [1.165, 1.54) is 0 Å². The molecule has 0 aromatic heterocycles. The quantitative estimate of drug-likeness (QED) is 0.701. The molecule has 3 heteroatoms. The zero-order valence-corrected chi connectivity index (χ0v) is 8.48. The molecule has 14 heavy (non-hydrogen) atoms. The van der Waals surface area contributed by atoms with Gasteiger partial charge in [-0.3, -0.25) is 4.79 Å². The van der Waals surface area contributed by atoms with Gasteiger partial charge < -0.3 is 9.84 Å². The Labute approximate surface area is 84.4 Å². The van der Waals surface area contributed by atoms with Gasteiger partial charge in [-0.05, 0) is 31.1 Å². The lowest BCUT2D eigenvalue weighted by Gasteiger charge is -2.30. The van der Waals surface area contributed by atoms with Gasteiger partial charge in [-0.2, -0.15) is 0 Å². The number of carboxylic acids is 1. The topological polar surface area (TPSA) is 49.8 Å². The van der Waals surface area contributed by atoms with Gasteiger partial charge >= 0.3 is 5.97 Å². The third kappa shape index (κ3) is 1.65. The monoisotopic (exact) mass is 197 g/mol. The molecule has 2 aliphatic rings. The van der Waals surface area contributed by atoms with E-state index in [1.54, 1.807) is 0 Å². The molecule has 3 nitrogen and oxygen atoms in total. The van der Waals surface area contributed by atoms with Gasteiger partial charge in [0.05, 0.1) is 18.1 Å². The minimum absolute atomic E-state index is 0.258. The summed E-state index contributed by atoms with van der Waals surface area (Å²) in [5, 5.41) is 9.06. The second-order valence-corrected chi connectivity index (χ2v) is 4.56. The molecule has 0 aromatic rings. The van der Waals surface area contributed by atoms with Crippen LogP contribution in [0.25, 0.3) is 0 Å². The van der Waals surface area contributed by atoms with Crippen LogP contribution in [0.4, 0.5) is 0 Å². The van der Waals surface area contributed by atoms with Crippen LogP contribution in [0.1, 0.15) is 26.2 Å². The predicted molar refractivity (Wildman–Crippen MR) is 51.6 cm³/mol. The summed E-state index contributed by atoms with van der Waals surface area (Å²) in [6, 6.07) is 0. The lowest BCUT2D eigenvalue weighted by molar-refractivity contribution is -0.144. The third-order valence-corrected chi connectivity index (χ3v) is 3.67. The molecule has 0 bridgehead atoms. The first-order valence-electron chi connectivity index (χ1n) is 5.31. The highest BCUT2D eigenvalue weighted by molar-refractivity contribution is 5.70. The van der Waals surface area contributed by atoms with Crippen molar-refractivity contribution in [3.05, 3.63) is 6.92 Å². The first-order valence-corrected chi connectivity index (χ1v) is 5.31. The lowest BCUT2D eigenvalue weighted by Crippen LogP contribution is -2.33. The number of ether oxygens (including phenoxy) is 1. The van der Waals surface area contributed by atoms with Crippen molar-refractivity contribution in [3.63, 3.8) is 0 Å². The first kappa shape index (κ1) is 9.97. The maximum atomic E-state index is 11.0. The van der Waals surface area contributed by atoms with E-state index in [4.69, 9.17) is 9.84 Å². The molecule has 79 valence electrons.